The summed E-state index contributed by atoms with van der Waals surface area (Å²) in [6.45, 7) is 6.37. The van der Waals surface area contributed by atoms with Crippen molar-refractivity contribution in [1.82, 2.24) is 15.0 Å². The molecule has 0 saturated heterocycles. The van der Waals surface area contributed by atoms with Gasteiger partial charge in [-0.2, -0.15) is 17.2 Å². The Morgan fingerprint density at radius 1 is 0.846 bits per heavy atom. The molecule has 0 fully saturated rings. The van der Waals surface area contributed by atoms with E-state index in [1.165, 1.54) is 16.7 Å². The number of aryl methyl sites for hydroxylation is 4. The van der Waals surface area contributed by atoms with Gasteiger partial charge in [0, 0.05) is 24.2 Å². The van der Waals surface area contributed by atoms with Crippen LogP contribution in [-0.4, -0.2) is 29.1 Å². The molecule has 0 N–H and O–H groups in total. The van der Waals surface area contributed by atoms with Crippen molar-refractivity contribution in [3.63, 3.8) is 0 Å². The van der Waals surface area contributed by atoms with Crippen LogP contribution in [0.25, 0.3) is 22.5 Å². The van der Waals surface area contributed by atoms with E-state index in [4.69, 9.17) is 9.39 Å². The molecule has 6 rings (SSSR count). The van der Waals surface area contributed by atoms with Crippen molar-refractivity contribution in [2.45, 2.75) is 20.8 Å². The molecule has 1 aliphatic rings. The Morgan fingerprint density at radius 3 is 2.28 bits per heavy atom. The molecule has 2 heterocycles. The predicted molar refractivity (Wildman–Crippen MR) is 151 cm³/mol. The predicted octanol–water partition coefficient (Wildman–Crippen LogP) is 5.69. The number of aromatic nitrogens is 3. The standard InChI is InChI=1S/C31H27BN4O2.Pt/c1-20-16-21(2)29(22(3)17-20)31-30(33-34-36(31)5)23-10-8-12-25(18-23)37-26-13-9-11-24(19-26)32-35(4)27-14-6-7-15-28(27)38-32;/h6-17H,1-5H3;/q-2;+2. The molecule has 0 unspecified atom stereocenters. The van der Waals surface area contributed by atoms with E-state index in [9.17, 15) is 0 Å². The average molecular weight is 693 g/mol. The van der Waals surface area contributed by atoms with Crippen LogP contribution in [0.1, 0.15) is 16.7 Å². The van der Waals surface area contributed by atoms with Crippen molar-refractivity contribution in [2.75, 3.05) is 11.9 Å². The van der Waals surface area contributed by atoms with E-state index in [1.807, 2.05) is 73.4 Å². The summed E-state index contributed by atoms with van der Waals surface area (Å²) in [5.41, 5.74) is 9.24. The van der Waals surface area contributed by atoms with Gasteiger partial charge in [0.2, 0.25) is 0 Å². The molecule has 0 spiro atoms. The normalized spacial score (nSPS) is 12.1. The zero-order valence-electron chi connectivity index (χ0n) is 22.4. The van der Waals surface area contributed by atoms with Gasteiger partial charge in [0.25, 0.3) is 0 Å². The van der Waals surface area contributed by atoms with E-state index < -0.39 is 0 Å². The minimum atomic E-state index is -0.269. The van der Waals surface area contributed by atoms with Gasteiger partial charge >= 0.3 is 28.1 Å². The molecule has 0 amide bonds. The summed E-state index contributed by atoms with van der Waals surface area (Å²) < 4.78 is 14.2. The van der Waals surface area contributed by atoms with Crippen LogP contribution in [0.3, 0.4) is 0 Å². The molecular weight excluding hydrogens is 666 g/mol. The van der Waals surface area contributed by atoms with E-state index in [1.54, 1.807) is 0 Å². The first-order chi connectivity index (χ1) is 18.4. The van der Waals surface area contributed by atoms with Gasteiger partial charge in [-0.3, -0.25) is 4.68 Å². The van der Waals surface area contributed by atoms with Gasteiger partial charge in [0.05, 0.1) is 11.4 Å². The van der Waals surface area contributed by atoms with E-state index in [-0.39, 0.29) is 28.1 Å². The van der Waals surface area contributed by atoms with E-state index >= 15 is 0 Å². The van der Waals surface area contributed by atoms with Crippen molar-refractivity contribution in [1.29, 1.82) is 0 Å². The molecule has 1 aliphatic heterocycles. The van der Waals surface area contributed by atoms with Crippen molar-refractivity contribution in [2.24, 2.45) is 7.05 Å². The van der Waals surface area contributed by atoms with E-state index in [2.05, 4.69) is 66.2 Å². The van der Waals surface area contributed by atoms with Crippen LogP contribution in [-0.2, 0) is 28.1 Å². The number of fused-ring (bicyclic) bond motifs is 1. The van der Waals surface area contributed by atoms with E-state index in [0.717, 1.165) is 39.4 Å². The first-order valence-electron chi connectivity index (χ1n) is 12.6. The maximum Gasteiger partial charge on any atom is 2.00 e. The number of hydrogen-bond acceptors (Lipinski definition) is 5. The van der Waals surface area contributed by atoms with Crippen LogP contribution in [0.2, 0.25) is 0 Å². The fourth-order valence-electron chi connectivity index (χ4n) is 5.25. The quantitative estimate of drug-likeness (QED) is 0.175. The van der Waals surface area contributed by atoms with Crippen molar-refractivity contribution >= 4 is 18.2 Å². The second-order valence-corrected chi connectivity index (χ2v) is 9.73. The van der Waals surface area contributed by atoms with Gasteiger partial charge in [-0.25, -0.2) is 0 Å². The van der Waals surface area contributed by atoms with Crippen LogP contribution in [0, 0.1) is 32.9 Å². The van der Waals surface area contributed by atoms with Crippen LogP contribution < -0.4 is 19.7 Å². The molecule has 196 valence electrons. The summed E-state index contributed by atoms with van der Waals surface area (Å²) in [5.74, 6) is 2.03. The minimum Gasteiger partial charge on any atom is -0.537 e. The van der Waals surface area contributed by atoms with Gasteiger partial charge in [0.1, 0.15) is 5.75 Å². The second-order valence-electron chi connectivity index (χ2n) is 9.73. The third kappa shape index (κ3) is 4.99. The first-order valence-corrected chi connectivity index (χ1v) is 12.6. The van der Waals surface area contributed by atoms with Gasteiger partial charge in [0.15, 0.2) is 0 Å². The van der Waals surface area contributed by atoms with Crippen LogP contribution in [0.15, 0.2) is 72.8 Å². The fraction of sp³-hybridized carbons (Fsp3) is 0.161. The Morgan fingerprint density at radius 2 is 1.54 bits per heavy atom. The first kappa shape index (κ1) is 26.8. The average Bonchev–Trinajstić information content (AvgIpc) is 3.44. The molecule has 0 saturated carbocycles. The van der Waals surface area contributed by atoms with E-state index in [0.29, 0.717) is 11.5 Å². The summed E-state index contributed by atoms with van der Waals surface area (Å²) in [4.78, 5) is 2.10. The maximum absolute atomic E-state index is 6.23. The van der Waals surface area contributed by atoms with Crippen LogP contribution >= 0.6 is 0 Å². The van der Waals surface area contributed by atoms with Crippen molar-refractivity contribution < 1.29 is 30.5 Å². The molecular formula is C31H27BN4O2Pt. The molecule has 0 aliphatic carbocycles. The smallest absolute Gasteiger partial charge is 0.537 e. The summed E-state index contributed by atoms with van der Waals surface area (Å²) in [6, 6.07) is 30.8. The summed E-state index contributed by atoms with van der Waals surface area (Å²) >= 11 is 0. The molecule has 6 nitrogen and oxygen atoms in total. The molecule has 1 aromatic heterocycles. The van der Waals surface area contributed by atoms with Gasteiger partial charge in [-0.05, 0) is 56.6 Å². The Balaban J connectivity index is 0.00000308. The molecule has 0 radical (unpaired) electrons. The molecule has 8 heteroatoms. The monoisotopic (exact) mass is 693 g/mol. The third-order valence-electron chi connectivity index (χ3n) is 6.88. The number of nitrogens with zero attached hydrogens (tertiary/aromatic N) is 4. The Labute approximate surface area is 244 Å². The molecule has 5 aromatic rings. The SMILES string of the molecule is Cc1cc(C)c(-c2c(-c3[c-]c(Oc4[c-]c(B5Oc6ccccc6N5C)ccc4)ccc3)nnn2C)c(C)c1.[Pt+2]. The molecule has 4 aromatic carbocycles. The maximum atomic E-state index is 6.23. The topological polar surface area (TPSA) is 52.4 Å². The molecule has 39 heavy (non-hydrogen) atoms. The molecule has 0 atom stereocenters. The fourth-order valence-corrected chi connectivity index (χ4v) is 5.25. The Kier molecular flexibility index (Phi) is 7.37. The zero-order chi connectivity index (χ0) is 26.4. The summed E-state index contributed by atoms with van der Waals surface area (Å²) in [5, 5.41) is 8.85. The van der Waals surface area contributed by atoms with Gasteiger partial charge < -0.3 is 14.2 Å². The summed E-state index contributed by atoms with van der Waals surface area (Å²) in [7, 11) is 3.67. The Bertz CT molecular complexity index is 1650. The number of anilines is 1. The summed E-state index contributed by atoms with van der Waals surface area (Å²) in [6.07, 6.45) is 0. The minimum absolute atomic E-state index is 0. The largest absolute Gasteiger partial charge is 2.00 e. The molecule has 0 bridgehead atoms. The third-order valence-corrected chi connectivity index (χ3v) is 6.88. The number of rotatable bonds is 5. The number of hydrogen-bond donors (Lipinski definition) is 0. The number of ether oxygens (including phenoxy) is 1. The second kappa shape index (κ2) is 10.7. The zero-order valence-corrected chi connectivity index (χ0v) is 24.7. The van der Waals surface area contributed by atoms with Crippen LogP contribution in [0.4, 0.5) is 5.69 Å². The van der Waals surface area contributed by atoms with Gasteiger partial charge in [-0.15, -0.1) is 41.4 Å². The van der Waals surface area contributed by atoms with Crippen LogP contribution in [0.5, 0.6) is 17.2 Å². The number of benzene rings is 4. The van der Waals surface area contributed by atoms with Crippen molar-refractivity contribution in [3.8, 4) is 39.8 Å². The van der Waals surface area contributed by atoms with Gasteiger partial charge in [-0.1, -0.05) is 41.1 Å². The number of para-hydroxylation sites is 2. The van der Waals surface area contributed by atoms with Crippen molar-refractivity contribution in [3.05, 3.63) is 102 Å². The Hall–Kier alpha value is -3.83.